The number of hydrogen-bond acceptors (Lipinski definition) is 4. The number of nitrogens with zero attached hydrogens (tertiary/aromatic N) is 8. The average molecular weight is 925 g/mol. The molecule has 70 heavy (non-hydrogen) atoms. The van der Waals surface area contributed by atoms with E-state index in [9.17, 15) is 0 Å². The molecule has 0 spiro atoms. The van der Waals surface area contributed by atoms with Crippen LogP contribution in [-0.2, 0) is 0 Å². The summed E-state index contributed by atoms with van der Waals surface area (Å²) in [6.07, 6.45) is 0. The van der Waals surface area contributed by atoms with Gasteiger partial charge >= 0.3 is 5.84 Å². The molecule has 0 saturated heterocycles. The van der Waals surface area contributed by atoms with E-state index in [0.717, 1.165) is 76.2 Å². The maximum Gasteiger partial charge on any atom is 0.307 e. The van der Waals surface area contributed by atoms with Crippen molar-refractivity contribution < 1.29 is 12.6 Å². The van der Waals surface area contributed by atoms with Gasteiger partial charge in [0.05, 0.1) is 66.4 Å². The number of aromatic nitrogens is 8. The molecule has 0 fully saturated rings. The normalized spacial score (nSPS) is 14.1. The molecule has 9 nitrogen and oxygen atoms in total. The van der Waals surface area contributed by atoms with Gasteiger partial charge in [-0.05, 0) is 125 Å². The molecule has 0 aliphatic rings. The van der Waals surface area contributed by atoms with Gasteiger partial charge < -0.3 is 4.42 Å². The highest BCUT2D eigenvalue weighted by molar-refractivity contribution is 7.20. The molecule has 332 valence electrons. The van der Waals surface area contributed by atoms with Crippen LogP contribution in [-0.4, -0.2) is 45.4 Å². The number of rotatable bonds is 6. The Morgan fingerprint density at radius 3 is 1.60 bits per heavy atom. The van der Waals surface area contributed by atoms with Crippen LogP contribution in [0.5, 0.6) is 0 Å². The highest BCUT2D eigenvalue weighted by atomic mass is 28.3. The Morgan fingerprint density at radius 2 is 0.914 bits per heavy atom. The van der Waals surface area contributed by atoms with E-state index < -0.39 is 21.8 Å². The fourth-order valence-corrected chi connectivity index (χ4v) is 16.4. The van der Waals surface area contributed by atoms with E-state index in [1.54, 1.807) is 18.2 Å². The van der Waals surface area contributed by atoms with Gasteiger partial charge in [-0.1, -0.05) is 133 Å². The van der Waals surface area contributed by atoms with E-state index in [4.69, 9.17) is 27.6 Å². The minimum atomic E-state index is -3.33. The quantitative estimate of drug-likeness (QED) is 0.123. The number of para-hydroxylation sites is 7. The van der Waals surface area contributed by atoms with Crippen LogP contribution in [0.2, 0.25) is 0 Å². The molecule has 0 aliphatic heterocycles. The highest BCUT2D eigenvalue weighted by Gasteiger charge is 2.44. The van der Waals surface area contributed by atoms with Crippen LogP contribution in [0.1, 0.15) is 24.9 Å². The van der Waals surface area contributed by atoms with Gasteiger partial charge in [0.25, 0.3) is 0 Å². The molecular formula is C60H42N8OSi. The molecule has 0 unspecified atom stereocenters. The van der Waals surface area contributed by atoms with Gasteiger partial charge in [-0.2, -0.15) is 4.98 Å². The van der Waals surface area contributed by atoms with Crippen molar-refractivity contribution in [2.75, 3.05) is 0 Å². The summed E-state index contributed by atoms with van der Waals surface area (Å²) < 4.78 is 69.4. The van der Waals surface area contributed by atoms with Gasteiger partial charge in [0, 0.05) is 13.9 Å². The zero-order valence-corrected chi connectivity index (χ0v) is 38.5. The van der Waals surface area contributed by atoms with Crippen LogP contribution in [0.15, 0.2) is 205 Å². The van der Waals surface area contributed by atoms with Crippen molar-refractivity contribution in [1.29, 1.82) is 0 Å². The zero-order valence-electron chi connectivity index (χ0n) is 43.5. The lowest BCUT2D eigenvalue weighted by Gasteiger charge is -2.34. The van der Waals surface area contributed by atoms with Gasteiger partial charge in [0.1, 0.15) is 0 Å². The molecule has 0 atom stereocenters. The fraction of sp³-hybridized carbons (Fsp3) is 0.0500. The summed E-state index contributed by atoms with van der Waals surface area (Å²) in [5, 5.41) is 4.49. The number of imidazole rings is 5. The maximum atomic E-state index is 9.04. The third kappa shape index (κ3) is 5.12. The summed E-state index contributed by atoms with van der Waals surface area (Å²) in [7, 11) is -3.33. The van der Waals surface area contributed by atoms with Crippen LogP contribution in [0.25, 0.3) is 95.0 Å². The number of fused-ring (bicyclic) bond motifs is 15. The molecule has 15 rings (SSSR count). The Hall–Kier alpha value is -8.99. The lowest BCUT2D eigenvalue weighted by Crippen LogP contribution is -2.74. The maximum absolute atomic E-state index is 9.04. The standard InChI is InChI=1S/C60H42N8OSi/c1-37-18-14-30-49-54(37)61-59-65(46-27-11-12-28-47(46)66(49)59)41-34-39(3)56-52(36-41)67-48-29-13-10-26-45(48)64(58(67)62-56)40-20-16-25-44(35-40)70(42-21-6-4-7-22-42,43-23-8-5-9-24-43)53-33-17-32-51-57(53)69-60-63-55-38(2)19-15-31-50(55)68(51)60/h4-36H,1-3H3/i1D3,3D3. The minimum absolute atomic E-state index is 0.0729. The van der Waals surface area contributed by atoms with Crippen molar-refractivity contribution in [3.63, 3.8) is 0 Å². The van der Waals surface area contributed by atoms with Crippen LogP contribution >= 0.6 is 0 Å². The van der Waals surface area contributed by atoms with E-state index >= 15 is 0 Å². The molecule has 10 heteroatoms. The van der Waals surface area contributed by atoms with Crippen molar-refractivity contribution in [1.82, 2.24) is 37.3 Å². The summed E-state index contributed by atoms with van der Waals surface area (Å²) in [6.45, 7) is -2.92. The summed E-state index contributed by atoms with van der Waals surface area (Å²) in [5.74, 6) is 1.53. The van der Waals surface area contributed by atoms with Crippen LogP contribution in [0.3, 0.4) is 0 Å². The van der Waals surface area contributed by atoms with E-state index in [0.29, 0.717) is 45.2 Å². The first-order valence-electron chi connectivity index (χ1n) is 26.3. The number of oxazole rings is 1. The molecule has 0 radical (unpaired) electrons. The second kappa shape index (κ2) is 14.3. The topological polar surface area (TPSA) is 74.9 Å². The molecule has 0 N–H and O–H groups in total. The van der Waals surface area contributed by atoms with E-state index in [1.807, 2.05) is 63.6 Å². The first-order chi connectivity index (χ1) is 36.9. The molecule has 6 heterocycles. The molecule has 9 aromatic carbocycles. The summed E-state index contributed by atoms with van der Waals surface area (Å²) in [5.41, 5.74) is 11.5. The second-order valence-corrected chi connectivity index (χ2v) is 21.9. The number of benzene rings is 9. The first kappa shape index (κ1) is 33.5. The van der Waals surface area contributed by atoms with Crippen molar-refractivity contribution in [3.05, 3.63) is 217 Å². The summed E-state index contributed by atoms with van der Waals surface area (Å²) in [4.78, 5) is 15.4. The molecule has 0 aliphatic carbocycles. The van der Waals surface area contributed by atoms with E-state index in [1.165, 1.54) is 0 Å². The van der Waals surface area contributed by atoms with Gasteiger partial charge in [0.2, 0.25) is 11.6 Å². The van der Waals surface area contributed by atoms with Crippen molar-refractivity contribution >= 4 is 112 Å². The number of hydrogen-bond donors (Lipinski definition) is 0. The fourth-order valence-electron chi connectivity index (χ4n) is 11.5. The van der Waals surface area contributed by atoms with Crippen molar-refractivity contribution in [2.45, 2.75) is 20.6 Å². The monoisotopic (exact) mass is 924 g/mol. The zero-order chi connectivity index (χ0) is 51.4. The Balaban J connectivity index is 1.01. The Kier molecular flexibility index (Phi) is 6.82. The highest BCUT2D eigenvalue weighted by Crippen LogP contribution is 2.36. The third-order valence-corrected chi connectivity index (χ3v) is 19.2. The predicted octanol–water partition coefficient (Wildman–Crippen LogP) is 11.0. The third-order valence-electron chi connectivity index (χ3n) is 14.4. The van der Waals surface area contributed by atoms with Crippen LogP contribution in [0, 0.1) is 20.6 Å². The van der Waals surface area contributed by atoms with Crippen molar-refractivity contribution in [3.8, 4) is 11.4 Å². The lowest BCUT2D eigenvalue weighted by atomic mass is 10.1. The largest absolute Gasteiger partial charge is 0.423 e. The van der Waals surface area contributed by atoms with Gasteiger partial charge in [-0.3, -0.25) is 22.3 Å². The molecule has 15 aromatic rings. The SMILES string of the molecule is [2H]C([2H])([2H])c1cccc2c1nc1n(-c3cc(C([2H])([2H])[2H])c4nc5n(-c6cccc([Si](c7ccccc7)(c7ccccc7)c7cccc8c7oc7nc9c(C)cccc9n78)c6)c6ccccc6n5c4c3)c3ccccc3n21. The van der Waals surface area contributed by atoms with Gasteiger partial charge in [0.15, 0.2) is 13.7 Å². The molecule has 0 amide bonds. The van der Waals surface area contributed by atoms with E-state index in [-0.39, 0.29) is 11.1 Å². The van der Waals surface area contributed by atoms with Crippen LogP contribution in [0.4, 0.5) is 0 Å². The lowest BCUT2D eigenvalue weighted by molar-refractivity contribution is 0.645. The first-order valence-corrected chi connectivity index (χ1v) is 25.3. The minimum Gasteiger partial charge on any atom is -0.423 e. The average Bonchev–Trinajstić information content (AvgIpc) is 4.44. The molecule has 6 aromatic heterocycles. The Labute approximate surface area is 409 Å². The van der Waals surface area contributed by atoms with Crippen molar-refractivity contribution in [2.24, 2.45) is 0 Å². The van der Waals surface area contributed by atoms with E-state index in [2.05, 4.69) is 148 Å². The second-order valence-electron chi connectivity index (χ2n) is 18.1. The van der Waals surface area contributed by atoms with Gasteiger partial charge in [-0.25, -0.2) is 9.97 Å². The smallest absolute Gasteiger partial charge is 0.307 e. The summed E-state index contributed by atoms with van der Waals surface area (Å²) in [6, 6.07) is 67.6. The van der Waals surface area contributed by atoms with Gasteiger partial charge in [-0.15, -0.1) is 0 Å². The Morgan fingerprint density at radius 1 is 0.400 bits per heavy atom. The Bertz CT molecular complexity index is 4850. The van der Waals surface area contributed by atoms with Crippen LogP contribution < -0.4 is 20.7 Å². The summed E-state index contributed by atoms with van der Waals surface area (Å²) >= 11 is 0. The molecule has 0 saturated carbocycles. The molecular weight excluding hydrogens is 877 g/mol. The predicted molar refractivity (Wildman–Crippen MR) is 286 cm³/mol. The molecule has 0 bridgehead atoms. The number of aryl methyl sites for hydroxylation is 3.